The third-order valence-electron chi connectivity index (χ3n) is 3.77. The van der Waals surface area contributed by atoms with Crippen molar-refractivity contribution < 1.29 is 14.2 Å². The summed E-state index contributed by atoms with van der Waals surface area (Å²) in [6, 6.07) is 16.1. The summed E-state index contributed by atoms with van der Waals surface area (Å²) in [6.45, 7) is 9.54. The van der Waals surface area contributed by atoms with Crippen molar-refractivity contribution in [3.05, 3.63) is 59.7 Å². The molecule has 0 heterocycles. The Balaban J connectivity index is 1.99. The lowest BCUT2D eigenvalue weighted by molar-refractivity contribution is 0.0762. The third-order valence-corrected chi connectivity index (χ3v) is 3.77. The van der Waals surface area contributed by atoms with Crippen LogP contribution < -0.4 is 4.74 Å². The minimum Gasteiger partial charge on any atom is -0.457 e. The maximum absolute atomic E-state index is 5.89. The monoisotopic (exact) mass is 314 g/mol. The molecule has 0 spiro atoms. The summed E-state index contributed by atoms with van der Waals surface area (Å²) in [5, 5.41) is 0. The van der Waals surface area contributed by atoms with Crippen LogP contribution in [0.5, 0.6) is 11.5 Å². The highest BCUT2D eigenvalue weighted by Gasteiger charge is 2.07. The van der Waals surface area contributed by atoms with Gasteiger partial charge in [-0.05, 0) is 63.1 Å². The predicted molar refractivity (Wildman–Crippen MR) is 93.0 cm³/mol. The van der Waals surface area contributed by atoms with Gasteiger partial charge in [0, 0.05) is 13.2 Å². The lowest BCUT2D eigenvalue weighted by Crippen LogP contribution is -1.99. The average molecular weight is 314 g/mol. The Bertz CT molecular complexity index is 521. The molecule has 2 aromatic rings. The van der Waals surface area contributed by atoms with Crippen molar-refractivity contribution >= 4 is 0 Å². The molecule has 2 unspecified atom stereocenters. The van der Waals surface area contributed by atoms with Gasteiger partial charge in [-0.3, -0.25) is 0 Å². The van der Waals surface area contributed by atoms with Gasteiger partial charge in [0.25, 0.3) is 0 Å². The van der Waals surface area contributed by atoms with Crippen molar-refractivity contribution in [2.75, 3.05) is 13.2 Å². The lowest BCUT2D eigenvalue weighted by Gasteiger charge is -2.14. The second-order valence-corrected chi connectivity index (χ2v) is 5.44. The third kappa shape index (κ3) is 5.08. The van der Waals surface area contributed by atoms with Gasteiger partial charge >= 0.3 is 0 Å². The van der Waals surface area contributed by atoms with E-state index in [2.05, 4.69) is 13.8 Å². The van der Waals surface area contributed by atoms with E-state index in [-0.39, 0.29) is 12.2 Å². The molecule has 2 rings (SSSR count). The summed E-state index contributed by atoms with van der Waals surface area (Å²) in [5.41, 5.74) is 2.31. The SMILES string of the molecule is CCOC(C)c1ccc(Oc2ccc(C(C)OCC)cc2)cc1. The van der Waals surface area contributed by atoms with E-state index in [0.29, 0.717) is 13.2 Å². The van der Waals surface area contributed by atoms with Gasteiger partial charge in [0.05, 0.1) is 12.2 Å². The molecule has 3 nitrogen and oxygen atoms in total. The normalized spacial score (nSPS) is 13.6. The molecule has 0 saturated heterocycles. The molecule has 2 aromatic carbocycles. The maximum atomic E-state index is 5.89. The quantitative estimate of drug-likeness (QED) is 0.628. The van der Waals surface area contributed by atoms with E-state index in [1.807, 2.05) is 62.4 Å². The van der Waals surface area contributed by atoms with Gasteiger partial charge in [-0.2, -0.15) is 0 Å². The number of ether oxygens (including phenoxy) is 3. The molecule has 0 radical (unpaired) electrons. The van der Waals surface area contributed by atoms with Gasteiger partial charge in [0.2, 0.25) is 0 Å². The predicted octanol–water partition coefficient (Wildman–Crippen LogP) is 5.67. The average Bonchev–Trinajstić information content (AvgIpc) is 2.56. The van der Waals surface area contributed by atoms with Crippen LogP contribution in [-0.4, -0.2) is 13.2 Å². The minimum atomic E-state index is 0.105. The molecule has 0 aliphatic rings. The molecule has 3 heteroatoms. The van der Waals surface area contributed by atoms with E-state index in [4.69, 9.17) is 14.2 Å². The molecule has 0 N–H and O–H groups in total. The van der Waals surface area contributed by atoms with Gasteiger partial charge in [-0.1, -0.05) is 24.3 Å². The Hall–Kier alpha value is -1.84. The van der Waals surface area contributed by atoms with Gasteiger partial charge in [0.15, 0.2) is 0 Å². The Labute approximate surface area is 139 Å². The maximum Gasteiger partial charge on any atom is 0.127 e. The molecule has 23 heavy (non-hydrogen) atoms. The van der Waals surface area contributed by atoms with E-state index < -0.39 is 0 Å². The second kappa shape index (κ2) is 8.70. The van der Waals surface area contributed by atoms with Crippen molar-refractivity contribution in [3.63, 3.8) is 0 Å². The van der Waals surface area contributed by atoms with E-state index in [1.165, 1.54) is 0 Å². The van der Waals surface area contributed by atoms with Crippen molar-refractivity contribution in [1.29, 1.82) is 0 Å². The molecule has 124 valence electrons. The van der Waals surface area contributed by atoms with E-state index in [1.54, 1.807) is 0 Å². The first-order valence-electron chi connectivity index (χ1n) is 8.25. The number of rotatable bonds is 8. The number of benzene rings is 2. The zero-order valence-electron chi connectivity index (χ0n) is 14.4. The summed E-state index contributed by atoms with van der Waals surface area (Å²) < 4.78 is 17.1. The van der Waals surface area contributed by atoms with Crippen LogP contribution >= 0.6 is 0 Å². The van der Waals surface area contributed by atoms with E-state index in [0.717, 1.165) is 22.6 Å². The van der Waals surface area contributed by atoms with Crippen molar-refractivity contribution in [2.45, 2.75) is 39.9 Å². The highest BCUT2D eigenvalue weighted by Crippen LogP contribution is 2.26. The summed E-state index contributed by atoms with van der Waals surface area (Å²) in [7, 11) is 0. The van der Waals surface area contributed by atoms with Gasteiger partial charge in [-0.15, -0.1) is 0 Å². The highest BCUT2D eigenvalue weighted by molar-refractivity contribution is 5.35. The van der Waals surface area contributed by atoms with Crippen molar-refractivity contribution in [3.8, 4) is 11.5 Å². The summed E-state index contributed by atoms with van der Waals surface area (Å²) in [6.07, 6.45) is 0.210. The molecule has 0 aromatic heterocycles. The van der Waals surface area contributed by atoms with E-state index in [9.17, 15) is 0 Å². The van der Waals surface area contributed by atoms with Crippen LogP contribution in [0, 0.1) is 0 Å². The van der Waals surface area contributed by atoms with Crippen LogP contribution in [0.15, 0.2) is 48.5 Å². The molecule has 0 bridgehead atoms. The fourth-order valence-corrected chi connectivity index (χ4v) is 2.44. The van der Waals surface area contributed by atoms with E-state index >= 15 is 0 Å². The first-order valence-corrected chi connectivity index (χ1v) is 8.25. The summed E-state index contributed by atoms with van der Waals surface area (Å²) in [5.74, 6) is 1.64. The molecular formula is C20H26O3. The fourth-order valence-electron chi connectivity index (χ4n) is 2.44. The van der Waals surface area contributed by atoms with Gasteiger partial charge in [0.1, 0.15) is 11.5 Å². The summed E-state index contributed by atoms with van der Waals surface area (Å²) >= 11 is 0. The zero-order valence-corrected chi connectivity index (χ0v) is 14.4. The molecule has 2 atom stereocenters. The van der Waals surface area contributed by atoms with Crippen LogP contribution in [0.2, 0.25) is 0 Å². The Kier molecular flexibility index (Phi) is 6.63. The van der Waals surface area contributed by atoms with Crippen molar-refractivity contribution in [2.24, 2.45) is 0 Å². The lowest BCUT2D eigenvalue weighted by atomic mass is 10.1. The zero-order chi connectivity index (χ0) is 16.7. The number of hydrogen-bond acceptors (Lipinski definition) is 3. The van der Waals surface area contributed by atoms with Crippen LogP contribution in [0.4, 0.5) is 0 Å². The Morgan fingerprint density at radius 2 is 1.00 bits per heavy atom. The molecule has 0 aliphatic carbocycles. The van der Waals surface area contributed by atoms with Crippen LogP contribution in [0.3, 0.4) is 0 Å². The standard InChI is InChI=1S/C20H26O3/c1-5-21-15(3)17-7-11-19(12-8-17)23-20-13-9-18(10-14-20)16(4)22-6-2/h7-16H,5-6H2,1-4H3. The highest BCUT2D eigenvalue weighted by atomic mass is 16.5. The topological polar surface area (TPSA) is 27.7 Å². The minimum absolute atomic E-state index is 0.105. The molecule has 0 aliphatic heterocycles. The first kappa shape index (κ1) is 17.5. The Morgan fingerprint density at radius 3 is 1.30 bits per heavy atom. The molecule has 0 amide bonds. The van der Waals surface area contributed by atoms with Crippen molar-refractivity contribution in [1.82, 2.24) is 0 Å². The molecular weight excluding hydrogens is 288 g/mol. The van der Waals surface area contributed by atoms with Crippen LogP contribution in [0.25, 0.3) is 0 Å². The first-order chi connectivity index (χ1) is 11.1. The molecule has 0 fully saturated rings. The summed E-state index contributed by atoms with van der Waals surface area (Å²) in [4.78, 5) is 0. The fraction of sp³-hybridized carbons (Fsp3) is 0.400. The van der Waals surface area contributed by atoms with Gasteiger partial charge in [-0.25, -0.2) is 0 Å². The molecule has 0 saturated carbocycles. The van der Waals surface area contributed by atoms with Crippen LogP contribution in [0.1, 0.15) is 51.0 Å². The smallest absolute Gasteiger partial charge is 0.127 e. The second-order valence-electron chi connectivity index (χ2n) is 5.44. The van der Waals surface area contributed by atoms with Gasteiger partial charge < -0.3 is 14.2 Å². The number of hydrogen-bond donors (Lipinski definition) is 0. The Morgan fingerprint density at radius 1 is 0.652 bits per heavy atom. The largest absolute Gasteiger partial charge is 0.457 e. The van der Waals surface area contributed by atoms with Crippen LogP contribution in [-0.2, 0) is 9.47 Å².